The fourth-order valence-corrected chi connectivity index (χ4v) is 3.19. The summed E-state index contributed by atoms with van der Waals surface area (Å²) in [6, 6.07) is 6.46. The van der Waals surface area contributed by atoms with Crippen LogP contribution in [0.2, 0.25) is 0 Å². The molecule has 0 atom stereocenters. The number of benzene rings is 1. The molecule has 2 aliphatic rings. The zero-order valence-corrected chi connectivity index (χ0v) is 13.7. The van der Waals surface area contributed by atoms with Gasteiger partial charge in [0.25, 0.3) is 9.70 Å². The highest BCUT2D eigenvalue weighted by Crippen LogP contribution is 2.30. The molecule has 2 heterocycles. The summed E-state index contributed by atoms with van der Waals surface area (Å²) in [4.78, 5) is 15.8. The molecule has 0 spiro atoms. The van der Waals surface area contributed by atoms with Crippen LogP contribution in [0.15, 0.2) is 18.2 Å². The molecule has 0 aromatic heterocycles. The van der Waals surface area contributed by atoms with Crippen molar-refractivity contribution in [3.05, 3.63) is 23.8 Å². The van der Waals surface area contributed by atoms with Gasteiger partial charge in [-0.15, -0.1) is 0 Å². The molecule has 0 saturated carbocycles. The minimum atomic E-state index is -1.86. The summed E-state index contributed by atoms with van der Waals surface area (Å²) in [5.41, 5.74) is 3.77. The van der Waals surface area contributed by atoms with E-state index >= 15 is 0 Å². The Labute approximate surface area is 138 Å². The molecule has 1 amide bonds. The molecule has 1 N–H and O–H groups in total. The molecule has 0 aliphatic carbocycles. The van der Waals surface area contributed by atoms with Crippen molar-refractivity contribution in [2.45, 2.75) is 10.2 Å². The third kappa shape index (κ3) is 3.17. The molecule has 0 bridgehead atoms. The summed E-state index contributed by atoms with van der Waals surface area (Å²) in [7, 11) is 0. The summed E-state index contributed by atoms with van der Waals surface area (Å²) in [5.74, 6) is -0.440. The lowest BCUT2D eigenvalue weighted by atomic mass is 10.1. The number of nitrogens with zero attached hydrogens (tertiary/aromatic N) is 2. The van der Waals surface area contributed by atoms with Gasteiger partial charge in [0, 0.05) is 44.1 Å². The molecule has 4 nitrogen and oxygen atoms in total. The smallest absolute Gasteiger partial charge is 0.274 e. The van der Waals surface area contributed by atoms with Crippen LogP contribution in [-0.4, -0.2) is 47.3 Å². The largest absolute Gasteiger partial charge is 0.384 e. The van der Waals surface area contributed by atoms with Gasteiger partial charge in [-0.25, -0.2) is 0 Å². The van der Waals surface area contributed by atoms with Crippen molar-refractivity contribution >= 4 is 52.1 Å². The summed E-state index contributed by atoms with van der Waals surface area (Å²) < 4.78 is -1.86. The second kappa shape index (κ2) is 5.75. The molecule has 2 aliphatic heterocycles. The second-order valence-corrected chi connectivity index (χ2v) is 7.58. The summed E-state index contributed by atoms with van der Waals surface area (Å²) in [5, 5.41) is 3.35. The molecule has 7 heteroatoms. The fourth-order valence-electron chi connectivity index (χ4n) is 2.83. The van der Waals surface area contributed by atoms with Crippen molar-refractivity contribution in [2.24, 2.45) is 0 Å². The van der Waals surface area contributed by atoms with E-state index in [1.807, 2.05) is 0 Å². The predicted molar refractivity (Wildman–Crippen MR) is 87.7 cm³/mol. The molecule has 3 rings (SSSR count). The molecular formula is C14H16Cl3N3O. The van der Waals surface area contributed by atoms with E-state index in [1.54, 1.807) is 4.90 Å². The van der Waals surface area contributed by atoms with Crippen molar-refractivity contribution < 1.29 is 4.79 Å². The highest BCUT2D eigenvalue weighted by molar-refractivity contribution is 6.76. The van der Waals surface area contributed by atoms with Crippen molar-refractivity contribution in [3.63, 3.8) is 0 Å². The third-order valence-electron chi connectivity index (χ3n) is 3.97. The van der Waals surface area contributed by atoms with Gasteiger partial charge in [0.2, 0.25) is 0 Å². The molecule has 1 fully saturated rings. The van der Waals surface area contributed by atoms with Crippen LogP contribution in [0.5, 0.6) is 0 Å². The van der Waals surface area contributed by atoms with Gasteiger partial charge in [-0.1, -0.05) is 34.8 Å². The minimum Gasteiger partial charge on any atom is -0.384 e. The van der Waals surface area contributed by atoms with E-state index in [1.165, 1.54) is 16.9 Å². The highest BCUT2D eigenvalue weighted by atomic mass is 35.6. The number of amides is 1. The predicted octanol–water partition coefficient (Wildman–Crippen LogP) is 2.67. The van der Waals surface area contributed by atoms with Crippen LogP contribution in [0.3, 0.4) is 0 Å². The van der Waals surface area contributed by atoms with Crippen LogP contribution in [-0.2, 0) is 11.2 Å². The number of hydrogen-bond acceptors (Lipinski definition) is 3. The Morgan fingerprint density at radius 3 is 2.52 bits per heavy atom. The molecular weight excluding hydrogens is 333 g/mol. The average molecular weight is 349 g/mol. The minimum absolute atomic E-state index is 0.440. The van der Waals surface area contributed by atoms with Gasteiger partial charge in [-0.05, 0) is 30.2 Å². The number of anilines is 2. The second-order valence-electron chi connectivity index (χ2n) is 5.30. The van der Waals surface area contributed by atoms with Crippen LogP contribution < -0.4 is 10.2 Å². The quantitative estimate of drug-likeness (QED) is 0.793. The van der Waals surface area contributed by atoms with E-state index in [9.17, 15) is 4.79 Å². The number of halogens is 3. The van der Waals surface area contributed by atoms with E-state index in [0.717, 1.165) is 26.1 Å². The third-order valence-corrected chi connectivity index (χ3v) is 4.46. The number of rotatable bonds is 1. The highest BCUT2D eigenvalue weighted by Gasteiger charge is 2.36. The molecule has 1 aromatic rings. The van der Waals surface area contributed by atoms with E-state index < -0.39 is 9.70 Å². The molecule has 21 heavy (non-hydrogen) atoms. The molecule has 1 aromatic carbocycles. The Bertz CT molecular complexity index is 551. The lowest BCUT2D eigenvalue weighted by molar-refractivity contribution is -0.130. The lowest BCUT2D eigenvalue weighted by Gasteiger charge is -2.37. The molecule has 0 radical (unpaired) electrons. The Kier molecular flexibility index (Phi) is 4.12. The number of alkyl halides is 3. The van der Waals surface area contributed by atoms with Crippen LogP contribution >= 0.6 is 34.8 Å². The van der Waals surface area contributed by atoms with Crippen LogP contribution in [0.1, 0.15) is 5.56 Å². The maximum Gasteiger partial charge on any atom is 0.274 e. The number of piperazine rings is 1. The van der Waals surface area contributed by atoms with E-state index in [0.29, 0.717) is 13.1 Å². The van der Waals surface area contributed by atoms with Gasteiger partial charge in [-0.2, -0.15) is 0 Å². The number of carbonyl (C=O) groups excluding carboxylic acids is 1. The summed E-state index contributed by atoms with van der Waals surface area (Å²) >= 11 is 17.0. The van der Waals surface area contributed by atoms with Gasteiger partial charge in [0.15, 0.2) is 0 Å². The van der Waals surface area contributed by atoms with E-state index in [2.05, 4.69) is 28.4 Å². The number of hydrogen-bond donors (Lipinski definition) is 1. The van der Waals surface area contributed by atoms with E-state index in [-0.39, 0.29) is 0 Å². The fraction of sp³-hybridized carbons (Fsp3) is 0.500. The maximum atomic E-state index is 11.9. The molecule has 1 saturated heterocycles. The van der Waals surface area contributed by atoms with Crippen molar-refractivity contribution in [1.29, 1.82) is 0 Å². The van der Waals surface area contributed by atoms with Crippen molar-refractivity contribution in [2.75, 3.05) is 42.9 Å². The zero-order chi connectivity index (χ0) is 15.0. The van der Waals surface area contributed by atoms with Crippen LogP contribution in [0.4, 0.5) is 11.4 Å². The van der Waals surface area contributed by atoms with Gasteiger partial charge in [-0.3, -0.25) is 4.79 Å². The monoisotopic (exact) mass is 347 g/mol. The van der Waals surface area contributed by atoms with Gasteiger partial charge in [0.1, 0.15) is 0 Å². The zero-order valence-electron chi connectivity index (χ0n) is 11.4. The van der Waals surface area contributed by atoms with Crippen LogP contribution in [0, 0.1) is 0 Å². The lowest BCUT2D eigenvalue weighted by Crippen LogP contribution is -2.51. The number of nitrogens with one attached hydrogen (secondary N) is 1. The molecule has 0 unspecified atom stereocenters. The summed E-state index contributed by atoms with van der Waals surface area (Å²) in [6.07, 6.45) is 1.06. The Balaban J connectivity index is 1.65. The number of fused-ring (bicyclic) bond motifs is 1. The first-order valence-corrected chi connectivity index (χ1v) is 8.06. The Morgan fingerprint density at radius 2 is 1.86 bits per heavy atom. The first-order valence-electron chi connectivity index (χ1n) is 6.93. The Hall–Kier alpha value is -0.840. The van der Waals surface area contributed by atoms with Crippen LogP contribution in [0.25, 0.3) is 0 Å². The number of carbonyl (C=O) groups is 1. The summed E-state index contributed by atoms with van der Waals surface area (Å²) in [6.45, 7) is 3.64. The van der Waals surface area contributed by atoms with Crippen molar-refractivity contribution in [1.82, 2.24) is 4.90 Å². The van der Waals surface area contributed by atoms with E-state index in [4.69, 9.17) is 34.8 Å². The topological polar surface area (TPSA) is 35.6 Å². The average Bonchev–Trinajstić information content (AvgIpc) is 2.93. The standard InChI is InChI=1S/C14H16Cl3N3O/c15-14(16,17)13(21)20-7-5-19(6-8-20)11-1-2-12-10(9-11)3-4-18-12/h1-2,9,18H,3-8H2. The van der Waals surface area contributed by atoms with Gasteiger partial charge >= 0.3 is 0 Å². The first kappa shape index (κ1) is 15.1. The molecule has 114 valence electrons. The van der Waals surface area contributed by atoms with Gasteiger partial charge in [0.05, 0.1) is 0 Å². The maximum absolute atomic E-state index is 11.9. The first-order chi connectivity index (χ1) is 9.95. The Morgan fingerprint density at radius 1 is 1.14 bits per heavy atom. The van der Waals surface area contributed by atoms with Crippen molar-refractivity contribution in [3.8, 4) is 0 Å². The van der Waals surface area contributed by atoms with Gasteiger partial charge < -0.3 is 15.1 Å². The normalized spacial score (nSPS) is 18.4. The SMILES string of the molecule is O=C(N1CCN(c2ccc3c(c2)CCN3)CC1)C(Cl)(Cl)Cl.